The second-order valence-corrected chi connectivity index (χ2v) is 4.70. The summed E-state index contributed by atoms with van der Waals surface area (Å²) in [6.45, 7) is 4.62. The molecule has 20 heavy (non-hydrogen) atoms. The molecule has 0 bridgehead atoms. The van der Waals surface area contributed by atoms with E-state index in [0.717, 1.165) is 36.8 Å². The number of methoxy groups -OCH3 is 1. The molecule has 1 N–H and O–H groups in total. The normalized spacial score (nSPS) is 10.6. The van der Waals surface area contributed by atoms with E-state index in [2.05, 4.69) is 36.3 Å². The monoisotopic (exact) mass is 274 g/mol. The molecule has 1 heterocycles. The van der Waals surface area contributed by atoms with Crippen molar-refractivity contribution in [1.82, 2.24) is 5.32 Å². The third kappa shape index (κ3) is 3.54. The van der Waals surface area contributed by atoms with Crippen LogP contribution >= 0.6 is 0 Å². The number of benzene rings is 1. The maximum Gasteiger partial charge on any atom is 0.122 e. The van der Waals surface area contributed by atoms with Crippen molar-refractivity contribution in [1.29, 1.82) is 0 Å². The molecule has 0 aliphatic heterocycles. The molecule has 108 valence electrons. The number of rotatable bonds is 7. The maximum absolute atomic E-state index is 5.53. The fraction of sp³-hybridized carbons (Fsp3) is 0.375. The number of nitrogens with zero attached hydrogens (tertiary/aromatic N) is 1. The largest absolute Gasteiger partial charge is 0.497 e. The van der Waals surface area contributed by atoms with Gasteiger partial charge in [-0.05, 0) is 36.9 Å². The van der Waals surface area contributed by atoms with Crippen LogP contribution in [0.4, 0.5) is 5.69 Å². The van der Waals surface area contributed by atoms with Crippen LogP contribution in [0.1, 0.15) is 18.2 Å². The molecule has 4 nitrogen and oxygen atoms in total. The zero-order valence-electron chi connectivity index (χ0n) is 12.3. The van der Waals surface area contributed by atoms with Gasteiger partial charge in [-0.1, -0.05) is 6.92 Å². The molecule has 0 unspecified atom stereocenters. The quantitative estimate of drug-likeness (QED) is 0.842. The second kappa shape index (κ2) is 7.01. The molecule has 0 atom stereocenters. The van der Waals surface area contributed by atoms with Crippen molar-refractivity contribution in [2.24, 2.45) is 0 Å². The summed E-state index contributed by atoms with van der Waals surface area (Å²) < 4.78 is 10.7. The van der Waals surface area contributed by atoms with Crippen LogP contribution in [0.5, 0.6) is 5.75 Å². The molecular weight excluding hydrogens is 252 g/mol. The summed E-state index contributed by atoms with van der Waals surface area (Å²) in [7, 11) is 3.75. The van der Waals surface area contributed by atoms with Gasteiger partial charge in [0.1, 0.15) is 11.5 Å². The Labute approximate surface area is 120 Å². The first-order valence-corrected chi connectivity index (χ1v) is 6.85. The lowest BCUT2D eigenvalue weighted by molar-refractivity contribution is 0.415. The van der Waals surface area contributed by atoms with E-state index < -0.39 is 0 Å². The van der Waals surface area contributed by atoms with Crippen LogP contribution in [0.25, 0.3) is 0 Å². The molecule has 0 saturated carbocycles. The molecule has 4 heteroatoms. The van der Waals surface area contributed by atoms with Gasteiger partial charge in [-0.15, -0.1) is 0 Å². The summed E-state index contributed by atoms with van der Waals surface area (Å²) in [5.41, 5.74) is 2.37. The number of hydrogen-bond donors (Lipinski definition) is 1. The Hall–Kier alpha value is -1.94. The lowest BCUT2D eigenvalue weighted by atomic mass is 10.2. The van der Waals surface area contributed by atoms with Crippen LogP contribution in [0.3, 0.4) is 0 Å². The highest BCUT2D eigenvalue weighted by Gasteiger charge is 2.09. The van der Waals surface area contributed by atoms with E-state index in [-0.39, 0.29) is 0 Å². The lowest BCUT2D eigenvalue weighted by Gasteiger charge is -2.19. The lowest BCUT2D eigenvalue weighted by Crippen LogP contribution is -2.18. The van der Waals surface area contributed by atoms with Gasteiger partial charge in [0.2, 0.25) is 0 Å². The summed E-state index contributed by atoms with van der Waals surface area (Å²) in [5, 5.41) is 3.29. The van der Waals surface area contributed by atoms with Crippen molar-refractivity contribution in [2.45, 2.75) is 20.0 Å². The van der Waals surface area contributed by atoms with Crippen molar-refractivity contribution in [3.8, 4) is 5.75 Å². The van der Waals surface area contributed by atoms with Crippen LogP contribution in [0.15, 0.2) is 41.0 Å². The summed E-state index contributed by atoms with van der Waals surface area (Å²) in [6, 6.07) is 10.1. The molecule has 0 fully saturated rings. The van der Waals surface area contributed by atoms with Crippen LogP contribution in [-0.4, -0.2) is 20.7 Å². The molecule has 0 aliphatic rings. The van der Waals surface area contributed by atoms with Gasteiger partial charge < -0.3 is 19.4 Å². The number of hydrogen-bond acceptors (Lipinski definition) is 4. The highest BCUT2D eigenvalue weighted by Crippen LogP contribution is 2.21. The van der Waals surface area contributed by atoms with E-state index in [0.29, 0.717) is 0 Å². The minimum absolute atomic E-state index is 0.773. The van der Waals surface area contributed by atoms with Crippen LogP contribution in [-0.2, 0) is 13.1 Å². The fourth-order valence-electron chi connectivity index (χ4n) is 2.09. The first-order valence-electron chi connectivity index (χ1n) is 6.85. The predicted molar refractivity (Wildman–Crippen MR) is 81.2 cm³/mol. The summed E-state index contributed by atoms with van der Waals surface area (Å²) >= 11 is 0. The SMILES string of the molecule is CCNCc1occc1CN(C)c1ccc(OC)cc1. The van der Waals surface area contributed by atoms with Gasteiger partial charge in [0, 0.05) is 24.8 Å². The topological polar surface area (TPSA) is 37.6 Å². The first kappa shape index (κ1) is 14.5. The molecule has 0 radical (unpaired) electrons. The van der Waals surface area contributed by atoms with Crippen molar-refractivity contribution in [3.05, 3.63) is 47.9 Å². The zero-order chi connectivity index (χ0) is 14.4. The van der Waals surface area contributed by atoms with Crippen LogP contribution in [0, 0.1) is 0 Å². The standard InChI is InChI=1S/C16H22N2O2/c1-4-17-11-16-13(9-10-20-16)12-18(2)14-5-7-15(19-3)8-6-14/h5-10,17H,4,11-12H2,1-3H3. The van der Waals surface area contributed by atoms with E-state index in [1.807, 2.05) is 18.2 Å². The molecule has 2 aromatic rings. The molecule has 0 spiro atoms. The Bertz CT molecular complexity index is 520. The Kier molecular flexibility index (Phi) is 5.07. The molecule has 1 aromatic heterocycles. The molecule has 0 aliphatic carbocycles. The van der Waals surface area contributed by atoms with E-state index in [9.17, 15) is 0 Å². The van der Waals surface area contributed by atoms with Crippen LogP contribution in [0.2, 0.25) is 0 Å². The van der Waals surface area contributed by atoms with Gasteiger partial charge in [-0.2, -0.15) is 0 Å². The average Bonchev–Trinajstić information content (AvgIpc) is 2.92. The summed E-state index contributed by atoms with van der Waals surface area (Å²) in [5.74, 6) is 1.88. The summed E-state index contributed by atoms with van der Waals surface area (Å²) in [6.07, 6.45) is 1.75. The highest BCUT2D eigenvalue weighted by molar-refractivity contribution is 5.49. The number of furan rings is 1. The van der Waals surface area contributed by atoms with Gasteiger partial charge in [0.15, 0.2) is 0 Å². The Balaban J connectivity index is 2.03. The molecule has 0 amide bonds. The Morgan fingerprint density at radius 1 is 1.20 bits per heavy atom. The van der Waals surface area contributed by atoms with E-state index in [1.54, 1.807) is 13.4 Å². The van der Waals surface area contributed by atoms with Gasteiger partial charge >= 0.3 is 0 Å². The van der Waals surface area contributed by atoms with E-state index >= 15 is 0 Å². The van der Waals surface area contributed by atoms with E-state index in [1.165, 1.54) is 5.56 Å². The number of nitrogens with one attached hydrogen (secondary N) is 1. The average molecular weight is 274 g/mol. The van der Waals surface area contributed by atoms with Crippen molar-refractivity contribution in [3.63, 3.8) is 0 Å². The predicted octanol–water partition coefficient (Wildman–Crippen LogP) is 3.03. The van der Waals surface area contributed by atoms with E-state index in [4.69, 9.17) is 9.15 Å². The van der Waals surface area contributed by atoms with Crippen molar-refractivity contribution in [2.75, 3.05) is 25.6 Å². The van der Waals surface area contributed by atoms with Crippen LogP contribution < -0.4 is 15.0 Å². The molecule has 1 aromatic carbocycles. The third-order valence-corrected chi connectivity index (χ3v) is 3.29. The molecule has 2 rings (SSSR count). The molecule has 0 saturated heterocycles. The Morgan fingerprint density at radius 2 is 1.95 bits per heavy atom. The Morgan fingerprint density at radius 3 is 2.60 bits per heavy atom. The maximum atomic E-state index is 5.53. The smallest absolute Gasteiger partial charge is 0.122 e. The van der Waals surface area contributed by atoms with Gasteiger partial charge in [-0.3, -0.25) is 0 Å². The highest BCUT2D eigenvalue weighted by atomic mass is 16.5. The second-order valence-electron chi connectivity index (χ2n) is 4.70. The number of anilines is 1. The van der Waals surface area contributed by atoms with Gasteiger partial charge in [-0.25, -0.2) is 0 Å². The van der Waals surface area contributed by atoms with Gasteiger partial charge in [0.25, 0.3) is 0 Å². The minimum atomic E-state index is 0.773. The van der Waals surface area contributed by atoms with Crippen molar-refractivity contribution < 1.29 is 9.15 Å². The van der Waals surface area contributed by atoms with Gasteiger partial charge in [0.05, 0.1) is 19.9 Å². The fourth-order valence-corrected chi connectivity index (χ4v) is 2.09. The zero-order valence-corrected chi connectivity index (χ0v) is 12.3. The number of ether oxygens (including phenoxy) is 1. The minimum Gasteiger partial charge on any atom is -0.497 e. The van der Waals surface area contributed by atoms with Crippen molar-refractivity contribution >= 4 is 5.69 Å². The first-order chi connectivity index (χ1) is 9.74. The third-order valence-electron chi connectivity index (χ3n) is 3.29. The summed E-state index contributed by atoms with van der Waals surface area (Å²) in [4.78, 5) is 2.19. The molecular formula is C16H22N2O2.